The van der Waals surface area contributed by atoms with E-state index in [0.29, 0.717) is 12.3 Å². The van der Waals surface area contributed by atoms with E-state index in [2.05, 4.69) is 20.9 Å². The minimum Gasteiger partial charge on any atom is -0.372 e. The molecule has 2 rings (SSSR count). The molecular formula is C11H11BrF3NO. The summed E-state index contributed by atoms with van der Waals surface area (Å²) in [5, 5.41) is 0. The lowest BCUT2D eigenvalue weighted by atomic mass is 10.1. The molecule has 17 heavy (non-hydrogen) atoms. The molecule has 1 atom stereocenters. The van der Waals surface area contributed by atoms with Crippen molar-refractivity contribution in [1.82, 2.24) is 4.98 Å². The second kappa shape index (κ2) is 4.94. The van der Waals surface area contributed by atoms with E-state index in [1.807, 2.05) is 0 Å². The van der Waals surface area contributed by atoms with Crippen molar-refractivity contribution in [3.8, 4) is 0 Å². The maximum Gasteiger partial charge on any atom is 0.434 e. The van der Waals surface area contributed by atoms with E-state index in [0.717, 1.165) is 19.3 Å². The zero-order valence-corrected chi connectivity index (χ0v) is 10.5. The average molecular weight is 310 g/mol. The highest BCUT2D eigenvalue weighted by Crippen LogP contribution is 2.35. The van der Waals surface area contributed by atoms with Crippen molar-refractivity contribution in [3.63, 3.8) is 0 Å². The van der Waals surface area contributed by atoms with Crippen LogP contribution in [0.25, 0.3) is 0 Å². The van der Waals surface area contributed by atoms with Crippen molar-refractivity contribution < 1.29 is 17.9 Å². The summed E-state index contributed by atoms with van der Waals surface area (Å²) in [5.41, 5.74) is -0.524. The Bertz CT molecular complexity index is 402. The Hall–Kier alpha value is -0.620. The zero-order valence-electron chi connectivity index (χ0n) is 8.93. The van der Waals surface area contributed by atoms with Crippen LogP contribution < -0.4 is 0 Å². The molecule has 2 heterocycles. The number of hydrogen-bond donors (Lipinski definition) is 0. The summed E-state index contributed by atoms with van der Waals surface area (Å²) in [6, 6.07) is 2.96. The fraction of sp³-hybridized carbons (Fsp3) is 0.545. The number of aromatic nitrogens is 1. The zero-order chi connectivity index (χ0) is 12.5. The molecule has 1 fully saturated rings. The lowest BCUT2D eigenvalue weighted by Crippen LogP contribution is -2.16. The van der Waals surface area contributed by atoms with Gasteiger partial charge in [0.2, 0.25) is 0 Å². The van der Waals surface area contributed by atoms with E-state index in [1.165, 1.54) is 6.07 Å². The molecule has 94 valence electrons. The van der Waals surface area contributed by atoms with Crippen LogP contribution in [0.4, 0.5) is 13.2 Å². The van der Waals surface area contributed by atoms with Crippen LogP contribution in [0.15, 0.2) is 16.6 Å². The van der Waals surface area contributed by atoms with Gasteiger partial charge in [-0.05, 0) is 47.3 Å². The summed E-state index contributed by atoms with van der Waals surface area (Å²) in [6.45, 7) is 0.587. The van der Waals surface area contributed by atoms with Gasteiger partial charge in [-0.2, -0.15) is 13.2 Å². The van der Waals surface area contributed by atoms with Crippen LogP contribution in [0.3, 0.4) is 0 Å². The van der Waals surface area contributed by atoms with E-state index in [-0.39, 0.29) is 10.6 Å². The van der Waals surface area contributed by atoms with Crippen LogP contribution in [0.1, 0.15) is 36.8 Å². The van der Waals surface area contributed by atoms with Gasteiger partial charge in [-0.25, -0.2) is 4.98 Å². The van der Waals surface area contributed by atoms with Crippen molar-refractivity contribution in [3.05, 3.63) is 28.0 Å². The van der Waals surface area contributed by atoms with Crippen LogP contribution in [-0.4, -0.2) is 11.6 Å². The van der Waals surface area contributed by atoms with Gasteiger partial charge in [0, 0.05) is 11.1 Å². The lowest BCUT2D eigenvalue weighted by molar-refractivity contribution is -0.142. The fourth-order valence-corrected chi connectivity index (χ4v) is 2.25. The monoisotopic (exact) mass is 309 g/mol. The summed E-state index contributed by atoms with van der Waals surface area (Å²) in [7, 11) is 0. The Morgan fingerprint density at radius 2 is 2.06 bits per heavy atom. The second-order valence-corrected chi connectivity index (χ2v) is 4.77. The first-order valence-electron chi connectivity index (χ1n) is 5.34. The Balaban J connectivity index is 2.30. The number of hydrogen-bond acceptors (Lipinski definition) is 2. The van der Waals surface area contributed by atoms with E-state index < -0.39 is 11.9 Å². The Kier molecular flexibility index (Phi) is 3.73. The molecule has 1 saturated heterocycles. The molecule has 0 aliphatic carbocycles. The normalized spacial score (nSPS) is 21.5. The molecule has 0 saturated carbocycles. The highest BCUT2D eigenvalue weighted by molar-refractivity contribution is 9.10. The molecule has 0 spiro atoms. The smallest absolute Gasteiger partial charge is 0.372 e. The molecule has 1 aromatic heterocycles. The maximum atomic E-state index is 12.7. The van der Waals surface area contributed by atoms with Crippen molar-refractivity contribution >= 4 is 15.9 Å². The highest BCUT2D eigenvalue weighted by Gasteiger charge is 2.35. The van der Waals surface area contributed by atoms with Crippen molar-refractivity contribution in [1.29, 1.82) is 0 Å². The molecule has 1 aliphatic heterocycles. The van der Waals surface area contributed by atoms with E-state index >= 15 is 0 Å². The maximum absolute atomic E-state index is 12.7. The standard InChI is InChI=1S/C11H11BrF3NO/c12-7-4-5-8(9-3-1-2-6-17-9)16-10(7)11(13,14)15/h4-5,9H,1-3,6H2. The summed E-state index contributed by atoms with van der Waals surface area (Å²) < 4.78 is 43.4. The quantitative estimate of drug-likeness (QED) is 0.779. The average Bonchev–Trinajstić information content (AvgIpc) is 2.29. The molecule has 0 aromatic carbocycles. The molecule has 1 aromatic rings. The third-order valence-corrected chi connectivity index (χ3v) is 3.29. The topological polar surface area (TPSA) is 22.1 Å². The van der Waals surface area contributed by atoms with Gasteiger partial charge in [-0.15, -0.1) is 0 Å². The van der Waals surface area contributed by atoms with Crippen LogP contribution in [0.5, 0.6) is 0 Å². The summed E-state index contributed by atoms with van der Waals surface area (Å²) in [5.74, 6) is 0. The highest BCUT2D eigenvalue weighted by atomic mass is 79.9. The van der Waals surface area contributed by atoms with Gasteiger partial charge >= 0.3 is 6.18 Å². The minimum absolute atomic E-state index is 0.0374. The Morgan fingerprint density at radius 3 is 2.65 bits per heavy atom. The lowest BCUT2D eigenvalue weighted by Gasteiger charge is -2.22. The van der Waals surface area contributed by atoms with Gasteiger partial charge < -0.3 is 4.74 Å². The second-order valence-electron chi connectivity index (χ2n) is 3.92. The fourth-order valence-electron chi connectivity index (χ4n) is 1.81. The minimum atomic E-state index is -4.44. The van der Waals surface area contributed by atoms with Gasteiger partial charge in [-0.3, -0.25) is 0 Å². The Labute approximate surface area is 105 Å². The summed E-state index contributed by atoms with van der Waals surface area (Å²) >= 11 is 2.87. The first kappa shape index (κ1) is 12.8. The Morgan fingerprint density at radius 1 is 1.29 bits per heavy atom. The van der Waals surface area contributed by atoms with Gasteiger partial charge in [0.05, 0.1) is 11.8 Å². The van der Waals surface area contributed by atoms with Crippen molar-refractivity contribution in [2.45, 2.75) is 31.5 Å². The van der Waals surface area contributed by atoms with Crippen molar-refractivity contribution in [2.75, 3.05) is 6.61 Å². The largest absolute Gasteiger partial charge is 0.434 e. The molecule has 0 N–H and O–H groups in total. The molecule has 0 amide bonds. The molecule has 1 aliphatic rings. The molecule has 0 radical (unpaired) electrons. The first-order valence-corrected chi connectivity index (χ1v) is 6.13. The SMILES string of the molecule is FC(F)(F)c1nc(C2CCCCO2)ccc1Br. The van der Waals surface area contributed by atoms with Crippen LogP contribution in [0, 0.1) is 0 Å². The van der Waals surface area contributed by atoms with Gasteiger partial charge in [0.15, 0.2) is 5.69 Å². The first-order chi connectivity index (χ1) is 7.98. The van der Waals surface area contributed by atoms with E-state index in [1.54, 1.807) is 6.07 Å². The molecule has 1 unspecified atom stereocenters. The van der Waals surface area contributed by atoms with E-state index in [4.69, 9.17) is 4.74 Å². The van der Waals surface area contributed by atoms with Gasteiger partial charge in [0.25, 0.3) is 0 Å². The molecule has 2 nitrogen and oxygen atoms in total. The van der Waals surface area contributed by atoms with Crippen LogP contribution in [-0.2, 0) is 10.9 Å². The summed E-state index contributed by atoms with van der Waals surface area (Å²) in [6.07, 6.45) is -2.10. The van der Waals surface area contributed by atoms with Gasteiger partial charge in [0.1, 0.15) is 0 Å². The third-order valence-electron chi connectivity index (χ3n) is 2.65. The number of pyridine rings is 1. The van der Waals surface area contributed by atoms with Crippen LogP contribution >= 0.6 is 15.9 Å². The molecular weight excluding hydrogens is 299 g/mol. The number of alkyl halides is 3. The van der Waals surface area contributed by atoms with E-state index in [9.17, 15) is 13.2 Å². The molecule has 0 bridgehead atoms. The number of rotatable bonds is 1. The number of halogens is 4. The predicted octanol–water partition coefficient (Wildman–Crippen LogP) is 4.10. The number of nitrogens with zero attached hydrogens (tertiary/aromatic N) is 1. The third kappa shape index (κ3) is 2.98. The number of ether oxygens (including phenoxy) is 1. The summed E-state index contributed by atoms with van der Waals surface area (Å²) in [4.78, 5) is 3.67. The van der Waals surface area contributed by atoms with Crippen LogP contribution in [0.2, 0.25) is 0 Å². The molecule has 6 heteroatoms. The predicted molar refractivity (Wildman–Crippen MR) is 59.5 cm³/mol. The van der Waals surface area contributed by atoms with Gasteiger partial charge in [-0.1, -0.05) is 0 Å². The van der Waals surface area contributed by atoms with Crippen molar-refractivity contribution in [2.24, 2.45) is 0 Å².